The summed E-state index contributed by atoms with van der Waals surface area (Å²) < 4.78 is 1.58. The van der Waals surface area contributed by atoms with Crippen LogP contribution in [0.3, 0.4) is 0 Å². The third-order valence-corrected chi connectivity index (χ3v) is 2.25. The Labute approximate surface area is 98.3 Å². The molecule has 2 aromatic heterocycles. The zero-order valence-corrected chi connectivity index (χ0v) is 9.71. The second-order valence-electron chi connectivity index (χ2n) is 4.46. The lowest BCUT2D eigenvalue weighted by molar-refractivity contribution is 0.0695. The SMILES string of the molecule is CC(C)(O)CNC(=O)c1cnn2ccncc12. The summed E-state index contributed by atoms with van der Waals surface area (Å²) in [5.74, 6) is -0.268. The fourth-order valence-electron chi connectivity index (χ4n) is 1.40. The molecule has 0 aliphatic carbocycles. The smallest absolute Gasteiger partial charge is 0.255 e. The van der Waals surface area contributed by atoms with Gasteiger partial charge >= 0.3 is 0 Å². The molecule has 17 heavy (non-hydrogen) atoms. The van der Waals surface area contributed by atoms with Crippen molar-refractivity contribution in [3.05, 3.63) is 30.4 Å². The Balaban J connectivity index is 2.20. The van der Waals surface area contributed by atoms with Crippen LogP contribution in [0.5, 0.6) is 0 Å². The van der Waals surface area contributed by atoms with Crippen LogP contribution < -0.4 is 5.32 Å². The number of rotatable bonds is 3. The van der Waals surface area contributed by atoms with Crippen molar-refractivity contribution in [3.63, 3.8) is 0 Å². The molecule has 6 nitrogen and oxygen atoms in total. The summed E-state index contributed by atoms with van der Waals surface area (Å²) in [6.07, 6.45) is 6.32. The fraction of sp³-hybridized carbons (Fsp3) is 0.364. The van der Waals surface area contributed by atoms with E-state index in [0.717, 1.165) is 0 Å². The Hall–Kier alpha value is -1.95. The van der Waals surface area contributed by atoms with Crippen molar-refractivity contribution < 1.29 is 9.90 Å². The van der Waals surface area contributed by atoms with E-state index in [2.05, 4.69) is 15.4 Å². The molecule has 0 aromatic carbocycles. The third kappa shape index (κ3) is 2.59. The van der Waals surface area contributed by atoms with Crippen LogP contribution >= 0.6 is 0 Å². The molecule has 0 fully saturated rings. The quantitative estimate of drug-likeness (QED) is 0.796. The van der Waals surface area contributed by atoms with Crippen molar-refractivity contribution in [2.75, 3.05) is 6.54 Å². The highest BCUT2D eigenvalue weighted by Gasteiger charge is 2.17. The van der Waals surface area contributed by atoms with Gasteiger partial charge in [0.1, 0.15) is 0 Å². The third-order valence-electron chi connectivity index (χ3n) is 2.25. The minimum atomic E-state index is -0.934. The molecule has 2 N–H and O–H groups in total. The van der Waals surface area contributed by atoms with Crippen molar-refractivity contribution in [3.8, 4) is 0 Å². The summed E-state index contributed by atoms with van der Waals surface area (Å²) in [5, 5.41) is 16.2. The topological polar surface area (TPSA) is 79.5 Å². The molecule has 90 valence electrons. The number of hydrogen-bond acceptors (Lipinski definition) is 4. The molecular formula is C11H14N4O2. The Kier molecular flexibility index (Phi) is 2.81. The van der Waals surface area contributed by atoms with E-state index in [0.29, 0.717) is 11.1 Å². The molecule has 0 radical (unpaired) electrons. The highest BCUT2D eigenvalue weighted by molar-refractivity contribution is 6.00. The van der Waals surface area contributed by atoms with Gasteiger partial charge in [-0.25, -0.2) is 4.52 Å². The molecule has 0 saturated carbocycles. The van der Waals surface area contributed by atoms with Gasteiger partial charge in [-0.15, -0.1) is 0 Å². The number of nitrogens with one attached hydrogen (secondary N) is 1. The van der Waals surface area contributed by atoms with Crippen molar-refractivity contribution in [2.24, 2.45) is 0 Å². The van der Waals surface area contributed by atoms with E-state index in [4.69, 9.17) is 0 Å². The van der Waals surface area contributed by atoms with Gasteiger partial charge in [0, 0.05) is 18.9 Å². The molecular weight excluding hydrogens is 220 g/mol. The Morgan fingerprint density at radius 1 is 1.53 bits per heavy atom. The number of fused-ring (bicyclic) bond motifs is 1. The molecule has 0 saturated heterocycles. The van der Waals surface area contributed by atoms with Crippen LogP contribution in [0.15, 0.2) is 24.8 Å². The number of hydrogen-bond donors (Lipinski definition) is 2. The lowest BCUT2D eigenvalue weighted by Crippen LogP contribution is -2.38. The van der Waals surface area contributed by atoms with Gasteiger partial charge in [-0.1, -0.05) is 0 Å². The first-order valence-electron chi connectivity index (χ1n) is 5.25. The maximum absolute atomic E-state index is 11.9. The van der Waals surface area contributed by atoms with Crippen molar-refractivity contribution in [1.82, 2.24) is 19.9 Å². The predicted octanol–water partition coefficient (Wildman–Crippen LogP) is 0.230. The Bertz CT molecular complexity index is 542. The summed E-state index contributed by atoms with van der Waals surface area (Å²) in [5.41, 5.74) is 0.153. The average Bonchev–Trinajstić information content (AvgIpc) is 2.68. The zero-order valence-electron chi connectivity index (χ0n) is 9.71. The Morgan fingerprint density at radius 3 is 3.00 bits per heavy atom. The number of carbonyl (C=O) groups is 1. The van der Waals surface area contributed by atoms with Gasteiger partial charge in [-0.3, -0.25) is 9.78 Å². The molecule has 2 rings (SSSR count). The van der Waals surface area contributed by atoms with E-state index < -0.39 is 5.60 Å². The van der Waals surface area contributed by atoms with Gasteiger partial charge < -0.3 is 10.4 Å². The minimum absolute atomic E-state index is 0.184. The summed E-state index contributed by atoms with van der Waals surface area (Å²) in [6.45, 7) is 3.44. The van der Waals surface area contributed by atoms with E-state index in [9.17, 15) is 9.90 Å². The summed E-state index contributed by atoms with van der Waals surface area (Å²) in [4.78, 5) is 15.8. The molecule has 0 aliphatic heterocycles. The van der Waals surface area contributed by atoms with Crippen LogP contribution in [0.25, 0.3) is 5.52 Å². The Morgan fingerprint density at radius 2 is 2.29 bits per heavy atom. The summed E-state index contributed by atoms with van der Waals surface area (Å²) in [6, 6.07) is 0. The van der Waals surface area contributed by atoms with Crippen LogP contribution in [-0.2, 0) is 0 Å². The first kappa shape index (κ1) is 11.5. The first-order valence-corrected chi connectivity index (χ1v) is 5.25. The number of amides is 1. The van der Waals surface area contributed by atoms with Gasteiger partial charge in [-0.05, 0) is 13.8 Å². The van der Waals surface area contributed by atoms with Gasteiger partial charge in [0.2, 0.25) is 0 Å². The highest BCUT2D eigenvalue weighted by Crippen LogP contribution is 2.08. The van der Waals surface area contributed by atoms with Crippen LogP contribution in [0.4, 0.5) is 0 Å². The lowest BCUT2D eigenvalue weighted by atomic mass is 10.1. The van der Waals surface area contributed by atoms with Crippen LogP contribution in [0.2, 0.25) is 0 Å². The maximum atomic E-state index is 11.9. The number of carbonyl (C=O) groups excluding carboxylic acids is 1. The minimum Gasteiger partial charge on any atom is -0.389 e. The largest absolute Gasteiger partial charge is 0.389 e. The van der Waals surface area contributed by atoms with Crippen molar-refractivity contribution in [2.45, 2.75) is 19.4 Å². The second kappa shape index (κ2) is 4.14. The standard InChI is InChI=1S/C11H14N4O2/c1-11(2,17)7-13-10(16)8-5-14-15-4-3-12-6-9(8)15/h3-6,17H,7H2,1-2H3,(H,13,16). The normalized spacial score (nSPS) is 11.7. The number of nitrogens with zero attached hydrogens (tertiary/aromatic N) is 3. The number of aromatic nitrogens is 3. The van der Waals surface area contributed by atoms with Crippen LogP contribution in [-0.4, -0.2) is 37.8 Å². The predicted molar refractivity (Wildman–Crippen MR) is 61.6 cm³/mol. The second-order valence-corrected chi connectivity index (χ2v) is 4.46. The van der Waals surface area contributed by atoms with E-state index in [1.165, 1.54) is 6.20 Å². The molecule has 0 atom stereocenters. The molecule has 0 spiro atoms. The van der Waals surface area contributed by atoms with E-state index in [1.54, 1.807) is 37.0 Å². The summed E-state index contributed by atoms with van der Waals surface area (Å²) in [7, 11) is 0. The summed E-state index contributed by atoms with van der Waals surface area (Å²) >= 11 is 0. The molecule has 0 unspecified atom stereocenters. The molecule has 2 heterocycles. The molecule has 0 aliphatic rings. The zero-order chi connectivity index (χ0) is 12.5. The first-order chi connectivity index (χ1) is 7.97. The van der Waals surface area contributed by atoms with Gasteiger partial charge in [0.15, 0.2) is 0 Å². The fourth-order valence-corrected chi connectivity index (χ4v) is 1.40. The number of aliphatic hydroxyl groups is 1. The van der Waals surface area contributed by atoms with E-state index >= 15 is 0 Å². The monoisotopic (exact) mass is 234 g/mol. The van der Waals surface area contributed by atoms with E-state index in [1.807, 2.05) is 0 Å². The highest BCUT2D eigenvalue weighted by atomic mass is 16.3. The van der Waals surface area contributed by atoms with Crippen molar-refractivity contribution >= 4 is 11.4 Å². The van der Waals surface area contributed by atoms with E-state index in [-0.39, 0.29) is 12.5 Å². The average molecular weight is 234 g/mol. The lowest BCUT2D eigenvalue weighted by Gasteiger charge is -2.17. The molecule has 2 aromatic rings. The molecule has 6 heteroatoms. The van der Waals surface area contributed by atoms with Crippen molar-refractivity contribution in [1.29, 1.82) is 0 Å². The van der Waals surface area contributed by atoms with Gasteiger partial charge in [0.05, 0.1) is 29.1 Å². The van der Waals surface area contributed by atoms with Gasteiger partial charge in [0.25, 0.3) is 5.91 Å². The molecule has 1 amide bonds. The van der Waals surface area contributed by atoms with Crippen LogP contribution in [0, 0.1) is 0 Å². The van der Waals surface area contributed by atoms with Crippen LogP contribution in [0.1, 0.15) is 24.2 Å². The maximum Gasteiger partial charge on any atom is 0.255 e. The molecule has 0 bridgehead atoms. The van der Waals surface area contributed by atoms with Gasteiger partial charge in [-0.2, -0.15) is 5.10 Å².